The maximum absolute atomic E-state index is 12.8. The van der Waals surface area contributed by atoms with Crippen molar-refractivity contribution in [1.29, 1.82) is 0 Å². The number of H-pyrrole nitrogens is 1. The molecule has 0 aliphatic heterocycles. The van der Waals surface area contributed by atoms with Crippen LogP contribution in [0.1, 0.15) is 61.9 Å². The van der Waals surface area contributed by atoms with Crippen LogP contribution in [0.5, 0.6) is 0 Å². The summed E-state index contributed by atoms with van der Waals surface area (Å²) in [4.78, 5) is 12.2. The number of benzene rings is 1. The quantitative estimate of drug-likeness (QED) is 0.594. The number of aryl methyl sites for hydroxylation is 1. The molecule has 1 aromatic heterocycles. The number of alkyl halides is 3. The molecule has 0 unspecified atom stereocenters. The van der Waals surface area contributed by atoms with Crippen LogP contribution in [0.25, 0.3) is 6.08 Å². The van der Waals surface area contributed by atoms with E-state index in [1.807, 2.05) is 6.08 Å². The molecule has 29 heavy (non-hydrogen) atoms. The molecule has 1 aromatic carbocycles. The first-order chi connectivity index (χ1) is 13.9. The molecule has 1 N–H and O–H groups in total. The van der Waals surface area contributed by atoms with Gasteiger partial charge in [-0.1, -0.05) is 48.8 Å². The van der Waals surface area contributed by atoms with Gasteiger partial charge in [-0.2, -0.15) is 18.4 Å². The number of hydrogen-bond donors (Lipinski definition) is 1. The molecule has 0 spiro atoms. The van der Waals surface area contributed by atoms with Gasteiger partial charge in [-0.15, -0.1) is 10.2 Å². The molecule has 3 rings (SSSR count). The van der Waals surface area contributed by atoms with Crippen LogP contribution in [0.3, 0.4) is 0 Å². The summed E-state index contributed by atoms with van der Waals surface area (Å²) in [5.41, 5.74) is -0.140. The highest BCUT2D eigenvalue weighted by molar-refractivity contribution is 5.83. The van der Waals surface area contributed by atoms with Gasteiger partial charge in [-0.25, -0.2) is 0 Å². The topological polar surface area (TPSA) is 71.5 Å². The van der Waals surface area contributed by atoms with Crippen molar-refractivity contribution in [2.24, 2.45) is 11.8 Å². The molecule has 0 bridgehead atoms. The van der Waals surface area contributed by atoms with Crippen molar-refractivity contribution < 1.29 is 18.0 Å². The summed E-state index contributed by atoms with van der Waals surface area (Å²) in [6.07, 6.45) is 6.27. The number of halogens is 3. The molecule has 0 amide bonds. The van der Waals surface area contributed by atoms with Gasteiger partial charge in [0.1, 0.15) is 5.78 Å². The third kappa shape index (κ3) is 6.24. The van der Waals surface area contributed by atoms with E-state index < -0.39 is 11.7 Å². The van der Waals surface area contributed by atoms with Crippen LogP contribution in [-0.4, -0.2) is 26.4 Å². The van der Waals surface area contributed by atoms with E-state index in [0.717, 1.165) is 62.9 Å². The van der Waals surface area contributed by atoms with E-state index in [4.69, 9.17) is 0 Å². The van der Waals surface area contributed by atoms with Gasteiger partial charge in [0, 0.05) is 18.8 Å². The standard InChI is InChI=1S/C21H25F3N4O/c22-21(23,24)17-7-5-6-15(14-17)10-11-16-12-13-19(29)18(16)8-3-1-2-4-9-20-25-27-28-26-20/h5-7,10-11,14,16,18H,1-4,8-9,12-13H2,(H,25,26,27,28)/b11-10+/t16-,18+/m0/s1. The zero-order valence-electron chi connectivity index (χ0n) is 16.2. The minimum absolute atomic E-state index is 0.0192. The van der Waals surface area contributed by atoms with E-state index in [-0.39, 0.29) is 17.6 Å². The molecule has 0 radical (unpaired) electrons. The second kappa shape index (κ2) is 9.80. The fraction of sp³-hybridized carbons (Fsp3) is 0.524. The zero-order valence-corrected chi connectivity index (χ0v) is 16.2. The van der Waals surface area contributed by atoms with Crippen LogP contribution >= 0.6 is 0 Å². The molecule has 1 fully saturated rings. The number of ketones is 1. The lowest BCUT2D eigenvalue weighted by atomic mass is 9.89. The molecular formula is C21H25F3N4O. The largest absolute Gasteiger partial charge is 0.416 e. The van der Waals surface area contributed by atoms with Crippen LogP contribution < -0.4 is 0 Å². The van der Waals surface area contributed by atoms with Gasteiger partial charge in [0.25, 0.3) is 0 Å². The Morgan fingerprint density at radius 3 is 2.76 bits per heavy atom. The fourth-order valence-corrected chi connectivity index (χ4v) is 3.88. The van der Waals surface area contributed by atoms with Gasteiger partial charge in [0.05, 0.1) is 5.56 Å². The summed E-state index contributed by atoms with van der Waals surface area (Å²) in [6.45, 7) is 0. The van der Waals surface area contributed by atoms with Crippen molar-refractivity contribution >= 4 is 11.9 Å². The van der Waals surface area contributed by atoms with E-state index >= 15 is 0 Å². The molecule has 5 nitrogen and oxygen atoms in total. The summed E-state index contributed by atoms with van der Waals surface area (Å²) >= 11 is 0. The number of Topliss-reactive ketones (excluding diaryl/α,β-unsaturated/α-hetero) is 1. The zero-order chi connectivity index (χ0) is 20.7. The van der Waals surface area contributed by atoms with E-state index in [0.29, 0.717) is 12.0 Å². The lowest BCUT2D eigenvalue weighted by molar-refractivity contribution is -0.137. The first-order valence-corrected chi connectivity index (χ1v) is 10.0. The molecule has 2 aromatic rings. The van der Waals surface area contributed by atoms with Crippen molar-refractivity contribution in [1.82, 2.24) is 20.6 Å². The molecule has 1 aliphatic rings. The second-order valence-electron chi connectivity index (χ2n) is 7.54. The summed E-state index contributed by atoms with van der Waals surface area (Å²) in [7, 11) is 0. The van der Waals surface area contributed by atoms with Crippen molar-refractivity contribution in [2.45, 2.75) is 57.5 Å². The SMILES string of the molecule is O=C1CC[C@H](/C=C/c2cccc(C(F)(F)F)c2)[C@H]1CCCCCCc1nn[nH]n1. The number of nitrogens with one attached hydrogen (secondary N) is 1. The Labute approximate surface area is 167 Å². The van der Waals surface area contributed by atoms with Gasteiger partial charge < -0.3 is 0 Å². The normalized spacial score (nSPS) is 20.0. The predicted octanol–water partition coefficient (Wildman–Crippen LogP) is 5.02. The second-order valence-corrected chi connectivity index (χ2v) is 7.54. The molecule has 1 aliphatic carbocycles. The van der Waals surface area contributed by atoms with Crippen molar-refractivity contribution in [3.63, 3.8) is 0 Å². The number of nitrogens with zero attached hydrogens (tertiary/aromatic N) is 3. The summed E-state index contributed by atoms with van der Waals surface area (Å²) in [6, 6.07) is 5.28. The Morgan fingerprint density at radius 2 is 2.00 bits per heavy atom. The van der Waals surface area contributed by atoms with Gasteiger partial charge >= 0.3 is 6.18 Å². The number of aromatic nitrogens is 4. The average molecular weight is 406 g/mol. The van der Waals surface area contributed by atoms with Gasteiger partial charge in [0.15, 0.2) is 5.82 Å². The highest BCUT2D eigenvalue weighted by Gasteiger charge is 2.32. The maximum atomic E-state index is 12.8. The van der Waals surface area contributed by atoms with Crippen molar-refractivity contribution in [3.05, 3.63) is 47.3 Å². The molecule has 2 atom stereocenters. The average Bonchev–Trinajstić information content (AvgIpc) is 3.33. The van der Waals surface area contributed by atoms with Gasteiger partial charge in [-0.3, -0.25) is 4.79 Å². The van der Waals surface area contributed by atoms with Crippen LogP contribution in [0.2, 0.25) is 0 Å². The van der Waals surface area contributed by atoms with Crippen LogP contribution in [0.15, 0.2) is 30.3 Å². The predicted molar refractivity (Wildman–Crippen MR) is 103 cm³/mol. The fourth-order valence-electron chi connectivity index (χ4n) is 3.88. The van der Waals surface area contributed by atoms with E-state index in [1.54, 1.807) is 12.1 Å². The van der Waals surface area contributed by atoms with E-state index in [9.17, 15) is 18.0 Å². The van der Waals surface area contributed by atoms with Crippen molar-refractivity contribution in [3.8, 4) is 0 Å². The summed E-state index contributed by atoms with van der Waals surface area (Å²) < 4.78 is 38.5. The van der Waals surface area contributed by atoms with Gasteiger partial charge in [-0.05, 0) is 42.9 Å². The minimum atomic E-state index is -4.35. The Hall–Kier alpha value is -2.51. The molecule has 156 valence electrons. The van der Waals surface area contributed by atoms with E-state index in [1.165, 1.54) is 6.07 Å². The summed E-state index contributed by atoms with van der Waals surface area (Å²) in [5.74, 6) is 1.08. The minimum Gasteiger partial charge on any atom is -0.299 e. The number of aromatic amines is 1. The smallest absolute Gasteiger partial charge is 0.299 e. The first-order valence-electron chi connectivity index (χ1n) is 10.0. The Kier molecular flexibility index (Phi) is 7.17. The van der Waals surface area contributed by atoms with Gasteiger partial charge in [0.2, 0.25) is 0 Å². The number of rotatable bonds is 9. The Morgan fingerprint density at radius 1 is 1.17 bits per heavy atom. The van der Waals surface area contributed by atoms with E-state index in [2.05, 4.69) is 20.6 Å². The molecule has 1 saturated carbocycles. The highest BCUT2D eigenvalue weighted by atomic mass is 19.4. The number of carbonyl (C=O) groups excluding carboxylic acids is 1. The van der Waals surface area contributed by atoms with Crippen LogP contribution in [0.4, 0.5) is 13.2 Å². The summed E-state index contributed by atoms with van der Waals surface area (Å²) in [5, 5.41) is 13.8. The third-order valence-corrected chi connectivity index (χ3v) is 5.46. The Bertz CT molecular complexity index is 818. The number of allylic oxidation sites excluding steroid dienone is 1. The number of carbonyl (C=O) groups is 1. The molecule has 0 saturated heterocycles. The van der Waals surface area contributed by atoms with Crippen molar-refractivity contribution in [2.75, 3.05) is 0 Å². The number of tetrazole rings is 1. The van der Waals surface area contributed by atoms with Crippen LogP contribution in [0, 0.1) is 11.8 Å². The first kappa shape index (κ1) is 21.2. The molecular weight excluding hydrogens is 381 g/mol. The molecule has 1 heterocycles. The number of hydrogen-bond acceptors (Lipinski definition) is 4. The third-order valence-electron chi connectivity index (χ3n) is 5.46. The Balaban J connectivity index is 1.46. The van der Waals surface area contributed by atoms with Crippen LogP contribution in [-0.2, 0) is 17.4 Å². The molecule has 8 heteroatoms. The lowest BCUT2D eigenvalue weighted by Gasteiger charge is -2.15. The number of unbranched alkanes of at least 4 members (excludes halogenated alkanes) is 3. The lowest BCUT2D eigenvalue weighted by Crippen LogP contribution is -2.13. The maximum Gasteiger partial charge on any atom is 0.416 e. The monoisotopic (exact) mass is 406 g/mol. The highest BCUT2D eigenvalue weighted by Crippen LogP contribution is 2.35.